The first kappa shape index (κ1) is 16.1. The summed E-state index contributed by atoms with van der Waals surface area (Å²) in [5, 5.41) is 3.29. The lowest BCUT2D eigenvalue weighted by Crippen LogP contribution is -2.52. The second kappa shape index (κ2) is 6.01. The van der Waals surface area contributed by atoms with Gasteiger partial charge in [0.2, 0.25) is 0 Å². The Kier molecular flexibility index (Phi) is 5.10. The molecule has 0 saturated heterocycles. The Balaban J connectivity index is 3.06. The summed E-state index contributed by atoms with van der Waals surface area (Å²) in [5.41, 5.74) is 2.04. The lowest BCUT2D eigenvalue weighted by molar-refractivity contribution is 0.410. The van der Waals surface area contributed by atoms with Gasteiger partial charge < -0.3 is 5.32 Å². The van der Waals surface area contributed by atoms with Gasteiger partial charge in [0.05, 0.1) is 4.75 Å². The summed E-state index contributed by atoms with van der Waals surface area (Å²) < 4.78 is 23.1. The van der Waals surface area contributed by atoms with Crippen LogP contribution in [0.25, 0.3) is 0 Å². The summed E-state index contributed by atoms with van der Waals surface area (Å²) in [6, 6.07) is 3.74. The molecule has 1 unspecified atom stereocenters. The topological polar surface area (TPSA) is 59.1 Å². The van der Waals surface area contributed by atoms with Gasteiger partial charge in [-0.15, -0.1) is 0 Å². The van der Waals surface area contributed by atoms with Gasteiger partial charge in [-0.2, -0.15) is 0 Å². The third kappa shape index (κ3) is 3.76. The van der Waals surface area contributed by atoms with E-state index >= 15 is 0 Å². The number of likely N-dealkylation sites (N-methyl/N-ethyl adjacent to an activating group) is 1. The van der Waals surface area contributed by atoms with Gasteiger partial charge in [-0.3, -0.25) is 4.98 Å². The highest BCUT2D eigenvalue weighted by Crippen LogP contribution is 2.23. The normalized spacial score (nSPS) is 14.4. The molecule has 0 aliphatic carbocycles. The van der Waals surface area contributed by atoms with Crippen LogP contribution in [0.2, 0.25) is 0 Å². The molecule has 0 bridgehead atoms. The van der Waals surface area contributed by atoms with Crippen molar-refractivity contribution in [2.45, 2.75) is 44.9 Å². The van der Waals surface area contributed by atoms with Crippen LogP contribution >= 0.6 is 0 Å². The minimum Gasteiger partial charge on any atom is -0.312 e. The molecule has 4 nitrogen and oxygen atoms in total. The van der Waals surface area contributed by atoms with Crippen LogP contribution < -0.4 is 5.32 Å². The van der Waals surface area contributed by atoms with Crippen LogP contribution in [0, 0.1) is 6.92 Å². The molecule has 0 aliphatic rings. The highest BCUT2D eigenvalue weighted by molar-refractivity contribution is 7.92. The fourth-order valence-corrected chi connectivity index (χ4v) is 2.68. The van der Waals surface area contributed by atoms with E-state index in [1.807, 2.05) is 26.0 Å². The molecule has 1 N–H and O–H groups in total. The summed E-state index contributed by atoms with van der Waals surface area (Å²) in [6.45, 7) is 8.26. The molecule has 1 aromatic heterocycles. The van der Waals surface area contributed by atoms with Gasteiger partial charge in [0, 0.05) is 30.6 Å². The zero-order chi connectivity index (χ0) is 14.7. The maximum Gasteiger partial charge on any atom is 0.154 e. The van der Waals surface area contributed by atoms with Gasteiger partial charge in [0.15, 0.2) is 9.84 Å². The molecule has 5 heteroatoms. The molecule has 0 saturated carbocycles. The van der Waals surface area contributed by atoms with E-state index in [0.717, 1.165) is 17.8 Å². The predicted molar refractivity (Wildman–Crippen MR) is 79.1 cm³/mol. The highest BCUT2D eigenvalue weighted by Gasteiger charge is 2.38. The second-order valence-corrected chi connectivity index (χ2v) is 8.05. The van der Waals surface area contributed by atoms with E-state index in [9.17, 15) is 8.42 Å². The molecule has 0 fully saturated rings. The van der Waals surface area contributed by atoms with Crippen LogP contribution in [0.5, 0.6) is 0 Å². The maximum atomic E-state index is 12.0. The third-order valence-corrected chi connectivity index (χ3v) is 5.96. The quantitative estimate of drug-likeness (QED) is 0.864. The zero-order valence-electron chi connectivity index (χ0n) is 12.4. The summed E-state index contributed by atoms with van der Waals surface area (Å²) in [7, 11) is -3.15. The van der Waals surface area contributed by atoms with Crippen molar-refractivity contribution in [3.8, 4) is 0 Å². The maximum absolute atomic E-state index is 12.0. The lowest BCUT2D eigenvalue weighted by Gasteiger charge is -2.33. The van der Waals surface area contributed by atoms with E-state index in [1.54, 1.807) is 20.0 Å². The monoisotopic (exact) mass is 284 g/mol. The summed E-state index contributed by atoms with van der Waals surface area (Å²) in [5.74, 6) is 0. The van der Waals surface area contributed by atoms with Crippen molar-refractivity contribution in [1.29, 1.82) is 0 Å². The van der Waals surface area contributed by atoms with Gasteiger partial charge in [-0.1, -0.05) is 13.0 Å². The number of rotatable bonds is 6. The average Bonchev–Trinajstić information content (AvgIpc) is 2.29. The number of aryl methyl sites for hydroxylation is 1. The Morgan fingerprint density at radius 3 is 2.53 bits per heavy atom. The summed E-state index contributed by atoms with van der Waals surface area (Å²) in [6.07, 6.45) is 3.65. The minimum atomic E-state index is -3.15. The molecule has 0 radical (unpaired) electrons. The number of hydrogen-bond donors (Lipinski definition) is 1. The van der Waals surface area contributed by atoms with Crippen molar-refractivity contribution in [3.63, 3.8) is 0 Å². The first-order chi connectivity index (χ1) is 8.70. The van der Waals surface area contributed by atoms with Crippen LogP contribution in [-0.2, 0) is 16.3 Å². The van der Waals surface area contributed by atoms with E-state index in [2.05, 4.69) is 10.3 Å². The van der Waals surface area contributed by atoms with Gasteiger partial charge in [0.25, 0.3) is 0 Å². The lowest BCUT2D eigenvalue weighted by atomic mass is 9.96. The standard InChI is InChI=1S/C14H24N2O2S/c1-6-15-13(14(3,4)19(5,17)18)10-12-11(2)8-7-9-16-12/h7-9,13,15H,6,10H2,1-5H3. The molecular weight excluding hydrogens is 260 g/mol. The average molecular weight is 284 g/mol. The van der Waals surface area contributed by atoms with Crippen molar-refractivity contribution in [3.05, 3.63) is 29.6 Å². The van der Waals surface area contributed by atoms with E-state index in [-0.39, 0.29) is 6.04 Å². The fourth-order valence-electron chi connectivity index (χ4n) is 1.99. The molecule has 0 aliphatic heterocycles. The van der Waals surface area contributed by atoms with Gasteiger partial charge in [-0.25, -0.2) is 8.42 Å². The van der Waals surface area contributed by atoms with Crippen LogP contribution in [0.3, 0.4) is 0 Å². The zero-order valence-corrected chi connectivity index (χ0v) is 13.2. The Morgan fingerprint density at radius 1 is 1.42 bits per heavy atom. The fraction of sp³-hybridized carbons (Fsp3) is 0.643. The van der Waals surface area contributed by atoms with Crippen molar-refractivity contribution >= 4 is 9.84 Å². The Labute approximate surface area is 116 Å². The predicted octanol–water partition coefficient (Wildman–Crippen LogP) is 1.73. The molecule has 108 valence electrons. The number of nitrogens with zero attached hydrogens (tertiary/aromatic N) is 1. The van der Waals surface area contributed by atoms with E-state index in [4.69, 9.17) is 0 Å². The third-order valence-electron chi connectivity index (χ3n) is 3.76. The summed E-state index contributed by atoms with van der Waals surface area (Å²) >= 11 is 0. The molecule has 1 atom stereocenters. The number of sulfone groups is 1. The van der Waals surface area contributed by atoms with Gasteiger partial charge in [0.1, 0.15) is 0 Å². The van der Waals surface area contributed by atoms with Crippen LogP contribution in [-0.4, -0.2) is 37.0 Å². The number of hydrogen-bond acceptors (Lipinski definition) is 4. The molecule has 19 heavy (non-hydrogen) atoms. The first-order valence-electron chi connectivity index (χ1n) is 6.53. The minimum absolute atomic E-state index is 0.152. The Morgan fingerprint density at radius 2 is 2.05 bits per heavy atom. The number of aromatic nitrogens is 1. The molecular formula is C14H24N2O2S. The smallest absolute Gasteiger partial charge is 0.154 e. The Bertz CT molecular complexity index is 524. The summed E-state index contributed by atoms with van der Waals surface area (Å²) in [4.78, 5) is 4.36. The second-order valence-electron chi connectivity index (χ2n) is 5.46. The largest absolute Gasteiger partial charge is 0.312 e. The van der Waals surface area contributed by atoms with Crippen LogP contribution in [0.15, 0.2) is 18.3 Å². The van der Waals surface area contributed by atoms with Crippen molar-refractivity contribution < 1.29 is 8.42 Å². The van der Waals surface area contributed by atoms with Crippen molar-refractivity contribution in [2.75, 3.05) is 12.8 Å². The molecule has 1 heterocycles. The SMILES string of the molecule is CCNC(Cc1ncccc1C)C(C)(C)S(C)(=O)=O. The van der Waals surface area contributed by atoms with Gasteiger partial charge >= 0.3 is 0 Å². The highest BCUT2D eigenvalue weighted by atomic mass is 32.2. The molecule has 0 aromatic carbocycles. The Hall–Kier alpha value is -0.940. The van der Waals surface area contributed by atoms with Crippen LogP contribution in [0.1, 0.15) is 32.0 Å². The van der Waals surface area contributed by atoms with Crippen molar-refractivity contribution in [2.24, 2.45) is 0 Å². The first-order valence-corrected chi connectivity index (χ1v) is 8.42. The number of nitrogens with one attached hydrogen (secondary N) is 1. The van der Waals surface area contributed by atoms with Crippen molar-refractivity contribution in [1.82, 2.24) is 10.3 Å². The van der Waals surface area contributed by atoms with E-state index in [0.29, 0.717) is 6.42 Å². The van der Waals surface area contributed by atoms with E-state index < -0.39 is 14.6 Å². The van der Waals surface area contributed by atoms with E-state index in [1.165, 1.54) is 6.26 Å². The molecule has 1 aromatic rings. The van der Waals surface area contributed by atoms with Crippen LogP contribution in [0.4, 0.5) is 0 Å². The number of pyridine rings is 1. The van der Waals surface area contributed by atoms with Gasteiger partial charge in [-0.05, 0) is 38.9 Å². The molecule has 0 amide bonds. The molecule has 0 spiro atoms. The molecule has 1 rings (SSSR count).